The van der Waals surface area contributed by atoms with E-state index in [1.165, 1.54) is 6.92 Å². The fraction of sp³-hybridized carbons (Fsp3) is 0.312. The minimum Gasteiger partial charge on any atom is -0.454 e. The molecule has 0 saturated carbocycles. The molecule has 8 aromatic rings. The third kappa shape index (κ3) is 20.6. The Labute approximate surface area is 588 Å². The first kappa shape index (κ1) is 71.7. The van der Waals surface area contributed by atoms with Crippen LogP contribution in [-0.2, 0) is 99.5 Å². The van der Waals surface area contributed by atoms with Crippen LogP contribution in [0.2, 0.25) is 0 Å². The normalized spacial score (nSPS) is 21.1. The topological polar surface area (TPSA) is 217 Å². The summed E-state index contributed by atoms with van der Waals surface area (Å²) in [6, 6.07) is 66.5. The molecule has 2 aliphatic heterocycles. The van der Waals surface area contributed by atoms with Gasteiger partial charge in [-0.1, -0.05) is 235 Å². The third-order valence-electron chi connectivity index (χ3n) is 16.6. The van der Waals surface area contributed by atoms with Crippen LogP contribution in [0.5, 0.6) is 5.75 Å². The Morgan fingerprint density at radius 3 is 1.47 bits per heavy atom. The third-order valence-corrected chi connectivity index (χ3v) is 16.9. The molecule has 19 nitrogen and oxygen atoms in total. The van der Waals surface area contributed by atoms with Crippen LogP contribution in [0.1, 0.15) is 75.0 Å². The van der Waals surface area contributed by atoms with E-state index in [0.717, 1.165) is 44.5 Å². The van der Waals surface area contributed by atoms with Crippen LogP contribution in [0.3, 0.4) is 0 Å². The molecule has 0 radical (unpaired) electrons. The molecule has 8 aromatic carbocycles. The average Bonchev–Trinajstić information content (AvgIpc) is 1.74. The number of ether oxygens (including phenoxy) is 13. The van der Waals surface area contributed by atoms with Gasteiger partial charge >= 0.3 is 24.2 Å². The van der Waals surface area contributed by atoms with Crippen molar-refractivity contribution in [2.24, 2.45) is 0 Å². The molecule has 2 fully saturated rings. The van der Waals surface area contributed by atoms with E-state index in [9.17, 15) is 19.2 Å². The molecule has 2 heterocycles. The van der Waals surface area contributed by atoms with E-state index in [1.807, 2.05) is 170 Å². The maximum Gasteiger partial charge on any atom is 0.508 e. The molecule has 10 atom stereocenters. The fourth-order valence-corrected chi connectivity index (χ4v) is 12.0. The zero-order chi connectivity index (χ0) is 68.9. The second-order valence-electron chi connectivity index (χ2n) is 23.8. The zero-order valence-electron chi connectivity index (χ0n) is 54.0. The lowest BCUT2D eigenvalue weighted by atomic mass is 9.94. The van der Waals surface area contributed by atoms with Gasteiger partial charge in [-0.15, -0.1) is 0 Å². The Morgan fingerprint density at radius 2 is 0.929 bits per heavy atom. The Bertz CT molecular complexity index is 3850. The van der Waals surface area contributed by atoms with Gasteiger partial charge in [-0.2, -0.15) is 0 Å². The quantitative estimate of drug-likeness (QED) is 0.0191. The van der Waals surface area contributed by atoms with E-state index < -0.39 is 102 Å². The van der Waals surface area contributed by atoms with Crippen LogP contribution >= 0.6 is 34.8 Å². The van der Waals surface area contributed by atoms with Crippen molar-refractivity contribution >= 4 is 64.8 Å². The van der Waals surface area contributed by atoms with E-state index in [-0.39, 0.29) is 77.2 Å². The number of alkyl halides is 3. The number of carbonyl (C=O) groups excluding carboxylic acids is 5. The highest BCUT2D eigenvalue weighted by Gasteiger charge is 2.56. The van der Waals surface area contributed by atoms with Crippen LogP contribution in [0, 0.1) is 0 Å². The summed E-state index contributed by atoms with van der Waals surface area (Å²) in [5.74, 6) is -1.85. The molecular formula is C77H74Cl3NO18. The standard InChI is InChI=1S/C77H74Cl3NO18/c1-50(82)35-40-65(83)97-71-70(90-44-54-27-13-5-14-28-54)67(89-43-53-25-11-4-12-26-53)63(47-87-41-51-21-7-2-8-22-51)96-74(71)98-68-64(48-88-42-52-23-9-3-10-24-52)95-73(91-45-55-36-38-57(39-37-55)94-72(84)56-29-15-6-16-30-56)66(81-75(85)93-49-77(78,79)80)69(68)99-76(86)92-46-62-60-33-19-17-31-58(60)59-32-18-20-34-61(59)62/h2-34,36-39,62-64,66-71,73-74H,35,40-49H2,1H3,(H,81,85)/t63-,64-,66-,67+,68-,69-,70+,71-,73-,74+/m1/s1. The maximum absolute atomic E-state index is 15.1. The van der Waals surface area contributed by atoms with Gasteiger partial charge in [0, 0.05) is 12.3 Å². The number of Topliss-reactive ketones (excluding diaryl/α,β-unsaturated/α-hetero) is 1. The number of rotatable bonds is 30. The highest BCUT2D eigenvalue weighted by Crippen LogP contribution is 2.45. The molecule has 516 valence electrons. The number of amides is 1. The smallest absolute Gasteiger partial charge is 0.454 e. The molecule has 0 unspecified atom stereocenters. The van der Waals surface area contributed by atoms with E-state index in [4.69, 9.17) is 96.4 Å². The van der Waals surface area contributed by atoms with E-state index in [1.54, 1.807) is 54.6 Å². The monoisotopic (exact) mass is 1410 g/mol. The number of hydrogen-bond donors (Lipinski definition) is 1. The summed E-state index contributed by atoms with van der Waals surface area (Å²) >= 11 is 18.5. The highest BCUT2D eigenvalue weighted by atomic mass is 35.6. The number of alkyl carbamates (subject to hydrolysis) is 1. The summed E-state index contributed by atoms with van der Waals surface area (Å²) in [7, 11) is 0. The van der Waals surface area contributed by atoms with Gasteiger partial charge in [-0.3, -0.25) is 4.79 Å². The molecule has 3 aliphatic rings. The number of esters is 2. The molecule has 0 spiro atoms. The van der Waals surface area contributed by atoms with Crippen LogP contribution in [0.15, 0.2) is 224 Å². The van der Waals surface area contributed by atoms with Crippen molar-refractivity contribution in [1.82, 2.24) is 5.32 Å². The SMILES string of the molecule is CC(=O)CCC(=O)O[C@H]1[C@H](O[C@H]2[C@H](OC(=O)OCC3c4ccccc4-c4ccccc43)[C@@H](NC(=O)OCC(Cl)(Cl)Cl)[C@H](OCc3ccc(OC(=O)c4ccccc4)cc3)O[C@@H]2COCc2ccccc2)O[C@H](COCc2ccccc2)[C@H](OCc2ccccc2)[C@@H]1OCc1ccccc1. The lowest BCUT2D eigenvalue weighted by Gasteiger charge is -2.49. The van der Waals surface area contributed by atoms with E-state index in [2.05, 4.69) is 5.32 Å². The van der Waals surface area contributed by atoms with Gasteiger partial charge in [0.1, 0.15) is 61.3 Å². The molecule has 22 heteroatoms. The van der Waals surface area contributed by atoms with Gasteiger partial charge in [0.25, 0.3) is 0 Å². The molecule has 1 N–H and O–H groups in total. The summed E-state index contributed by atoms with van der Waals surface area (Å²) in [6.45, 7) is -0.130. The van der Waals surface area contributed by atoms with Gasteiger partial charge in [-0.25, -0.2) is 14.4 Å². The lowest BCUT2D eigenvalue weighted by molar-refractivity contribution is -0.358. The van der Waals surface area contributed by atoms with E-state index >= 15 is 4.79 Å². The Hall–Kier alpha value is -8.54. The number of ketones is 1. The first-order valence-electron chi connectivity index (χ1n) is 32.4. The zero-order valence-corrected chi connectivity index (χ0v) is 56.2. The summed E-state index contributed by atoms with van der Waals surface area (Å²) < 4.78 is 83.2. The number of halogens is 3. The maximum atomic E-state index is 15.1. The molecule has 1 amide bonds. The highest BCUT2D eigenvalue weighted by molar-refractivity contribution is 6.67. The van der Waals surface area contributed by atoms with Gasteiger partial charge in [0.2, 0.25) is 3.79 Å². The molecule has 99 heavy (non-hydrogen) atoms. The predicted molar refractivity (Wildman–Crippen MR) is 365 cm³/mol. The van der Waals surface area contributed by atoms with Gasteiger partial charge in [-0.05, 0) is 81.3 Å². The van der Waals surface area contributed by atoms with Gasteiger partial charge in [0.15, 0.2) is 24.8 Å². The van der Waals surface area contributed by atoms with Crippen molar-refractivity contribution in [3.63, 3.8) is 0 Å². The molecule has 0 bridgehead atoms. The first-order valence-corrected chi connectivity index (χ1v) is 33.5. The second kappa shape index (κ2) is 35.5. The Morgan fingerprint density at radius 1 is 0.455 bits per heavy atom. The average molecular weight is 1410 g/mol. The Kier molecular flexibility index (Phi) is 25.7. The molecular weight excluding hydrogens is 1330 g/mol. The van der Waals surface area contributed by atoms with Crippen molar-refractivity contribution in [3.8, 4) is 16.9 Å². The number of benzene rings is 8. The van der Waals surface area contributed by atoms with E-state index in [0.29, 0.717) is 11.1 Å². The minimum absolute atomic E-state index is 0.0358. The van der Waals surface area contributed by atoms with Crippen LogP contribution in [-0.4, -0.2) is 122 Å². The van der Waals surface area contributed by atoms with Crippen molar-refractivity contribution in [1.29, 1.82) is 0 Å². The number of carbonyl (C=O) groups is 5. The van der Waals surface area contributed by atoms with Crippen LogP contribution < -0.4 is 10.1 Å². The van der Waals surface area contributed by atoms with Crippen molar-refractivity contribution in [2.45, 2.75) is 124 Å². The van der Waals surface area contributed by atoms with Crippen molar-refractivity contribution < 1.29 is 85.6 Å². The van der Waals surface area contributed by atoms with Gasteiger partial charge in [0.05, 0.1) is 58.2 Å². The molecule has 2 saturated heterocycles. The van der Waals surface area contributed by atoms with Crippen molar-refractivity contribution in [2.75, 3.05) is 26.4 Å². The summed E-state index contributed by atoms with van der Waals surface area (Å²) in [6.07, 6.45) is -16.0. The second-order valence-corrected chi connectivity index (χ2v) is 26.3. The summed E-state index contributed by atoms with van der Waals surface area (Å²) in [5.41, 5.74) is 7.84. The van der Waals surface area contributed by atoms with Crippen LogP contribution in [0.4, 0.5) is 9.59 Å². The van der Waals surface area contributed by atoms with Crippen molar-refractivity contribution in [3.05, 3.63) is 269 Å². The lowest BCUT2D eigenvalue weighted by Crippen LogP contribution is -2.69. The predicted octanol–water partition coefficient (Wildman–Crippen LogP) is 13.9. The molecule has 11 rings (SSSR count). The number of nitrogens with one attached hydrogen (secondary N) is 1. The molecule has 1 aliphatic carbocycles. The fourth-order valence-electron chi connectivity index (χ4n) is 11.8. The largest absolute Gasteiger partial charge is 0.508 e. The summed E-state index contributed by atoms with van der Waals surface area (Å²) in [4.78, 5) is 69.6. The Balaban J connectivity index is 1.00. The minimum atomic E-state index is -2.08. The van der Waals surface area contributed by atoms with Crippen LogP contribution in [0.25, 0.3) is 11.1 Å². The first-order chi connectivity index (χ1) is 48.2. The van der Waals surface area contributed by atoms with Gasteiger partial charge < -0.3 is 71.7 Å². The summed E-state index contributed by atoms with van der Waals surface area (Å²) in [5, 5.41) is 2.76. The molecule has 0 aromatic heterocycles. The number of hydrogen-bond acceptors (Lipinski definition) is 18. The number of fused-ring (bicyclic) bond motifs is 3.